The topological polar surface area (TPSA) is 95.7 Å². The van der Waals surface area contributed by atoms with Gasteiger partial charge < -0.3 is 16.0 Å². The van der Waals surface area contributed by atoms with Crippen molar-refractivity contribution in [3.8, 4) is 0 Å². The van der Waals surface area contributed by atoms with Gasteiger partial charge in [-0.2, -0.15) is 0 Å². The Morgan fingerprint density at radius 3 is 2.46 bits per heavy atom. The Balaban J connectivity index is 2.82. The number of nitrogens with zero attached hydrogens (tertiary/aromatic N) is 2. The van der Waals surface area contributed by atoms with Crippen molar-refractivity contribution in [3.05, 3.63) is 22.5 Å². The lowest BCUT2D eigenvalue weighted by Crippen LogP contribution is -2.51. The van der Waals surface area contributed by atoms with Crippen molar-refractivity contribution in [2.24, 2.45) is 23.5 Å². The van der Waals surface area contributed by atoms with Crippen LogP contribution in [0, 0.1) is 17.8 Å². The van der Waals surface area contributed by atoms with Crippen LogP contribution in [0.3, 0.4) is 0 Å². The Morgan fingerprint density at radius 1 is 1.26 bits per heavy atom. The van der Waals surface area contributed by atoms with Gasteiger partial charge in [-0.15, -0.1) is 11.8 Å². The number of hydrogen-bond acceptors (Lipinski definition) is 5. The number of hydrogen-bond donors (Lipinski definition) is 2. The van der Waals surface area contributed by atoms with Crippen molar-refractivity contribution in [3.63, 3.8) is 0 Å². The van der Waals surface area contributed by atoms with E-state index in [1.807, 2.05) is 19.0 Å². The number of thioether (sulfide) groups is 1. The summed E-state index contributed by atoms with van der Waals surface area (Å²) >= 11 is 1.41. The van der Waals surface area contributed by atoms with Crippen LogP contribution >= 0.6 is 11.8 Å². The Hall–Kier alpha value is -1.80. The van der Waals surface area contributed by atoms with Crippen molar-refractivity contribution in [2.45, 2.75) is 85.2 Å². The van der Waals surface area contributed by atoms with E-state index in [1.165, 1.54) is 11.8 Å². The van der Waals surface area contributed by atoms with E-state index in [0.717, 1.165) is 50.0 Å². The molecule has 0 aliphatic carbocycles. The fourth-order valence-electron chi connectivity index (χ4n) is 4.55. The molecule has 7 nitrogen and oxygen atoms in total. The van der Waals surface area contributed by atoms with Gasteiger partial charge in [0.2, 0.25) is 17.7 Å². The maximum absolute atomic E-state index is 13.7. The molecule has 0 radical (unpaired) electrons. The van der Waals surface area contributed by atoms with E-state index in [1.54, 1.807) is 12.3 Å². The molecule has 1 fully saturated rings. The number of likely N-dealkylation sites (tertiary alicyclic amines) is 1. The summed E-state index contributed by atoms with van der Waals surface area (Å²) in [5.74, 6) is -0.152. The number of rotatable bonds is 14. The van der Waals surface area contributed by atoms with E-state index in [2.05, 4.69) is 44.5 Å². The van der Waals surface area contributed by atoms with Crippen LogP contribution in [0.25, 0.3) is 0 Å². The predicted octanol–water partition coefficient (Wildman–Crippen LogP) is 4.15. The number of amides is 3. The number of carbonyl (C=O) groups excluding carboxylic acids is 3. The molecule has 1 aliphatic heterocycles. The minimum absolute atomic E-state index is 0.0315. The molecule has 1 aliphatic rings. The van der Waals surface area contributed by atoms with Crippen molar-refractivity contribution >= 4 is 29.5 Å². The first-order chi connectivity index (χ1) is 16.4. The Bertz CT molecular complexity index is 768. The van der Waals surface area contributed by atoms with Gasteiger partial charge in [0.15, 0.2) is 0 Å². The highest BCUT2D eigenvalue weighted by molar-refractivity contribution is 8.05. The van der Waals surface area contributed by atoms with Gasteiger partial charge in [-0.05, 0) is 68.3 Å². The predicted molar refractivity (Wildman–Crippen MR) is 147 cm³/mol. The summed E-state index contributed by atoms with van der Waals surface area (Å²) in [6.45, 7) is 15.5. The van der Waals surface area contributed by atoms with Crippen LogP contribution in [-0.4, -0.2) is 66.8 Å². The normalized spacial score (nSPS) is 19.7. The van der Waals surface area contributed by atoms with Gasteiger partial charge in [0, 0.05) is 25.2 Å². The molecule has 0 bridgehead atoms. The number of nitrogens with two attached hydrogens (primary N) is 1. The highest BCUT2D eigenvalue weighted by Crippen LogP contribution is 2.27. The van der Waals surface area contributed by atoms with Crippen LogP contribution in [0.2, 0.25) is 0 Å². The van der Waals surface area contributed by atoms with E-state index in [4.69, 9.17) is 5.73 Å². The molecular formula is C27H48N4O3S. The van der Waals surface area contributed by atoms with E-state index in [0.29, 0.717) is 12.1 Å². The monoisotopic (exact) mass is 508 g/mol. The molecule has 3 N–H and O–H groups in total. The molecule has 0 aromatic heterocycles. The summed E-state index contributed by atoms with van der Waals surface area (Å²) < 4.78 is 0. The van der Waals surface area contributed by atoms with Gasteiger partial charge in [-0.3, -0.25) is 19.3 Å². The van der Waals surface area contributed by atoms with E-state index < -0.39 is 5.91 Å². The summed E-state index contributed by atoms with van der Waals surface area (Å²) in [5, 5.41) is 4.83. The second kappa shape index (κ2) is 15.3. The first-order valence-electron chi connectivity index (χ1n) is 13.0. The molecule has 3 amide bonds. The van der Waals surface area contributed by atoms with Gasteiger partial charge in [0.1, 0.15) is 0 Å². The summed E-state index contributed by atoms with van der Waals surface area (Å²) in [7, 11) is 3.88. The molecule has 35 heavy (non-hydrogen) atoms. The second-order valence-corrected chi connectivity index (χ2v) is 11.4. The van der Waals surface area contributed by atoms with Crippen LogP contribution < -0.4 is 11.1 Å². The van der Waals surface area contributed by atoms with E-state index >= 15 is 0 Å². The fourth-order valence-corrected chi connectivity index (χ4v) is 5.24. The molecule has 0 aromatic rings. The first kappa shape index (κ1) is 31.2. The molecule has 0 spiro atoms. The Kier molecular flexibility index (Phi) is 13.7. The molecule has 4 atom stereocenters. The van der Waals surface area contributed by atoms with Crippen molar-refractivity contribution < 1.29 is 14.4 Å². The van der Waals surface area contributed by atoms with Crippen LogP contribution in [-0.2, 0) is 14.4 Å². The molecule has 1 heterocycles. The number of carbonyl (C=O) groups is 3. The maximum Gasteiger partial charge on any atom is 0.244 e. The van der Waals surface area contributed by atoms with Crippen LogP contribution in [0.4, 0.5) is 0 Å². The third-order valence-electron chi connectivity index (χ3n) is 7.34. The SMILES string of the molecule is C=C(CCC(C(C)C)N(C)C(=O)[C@@H](CNC(=O)[C@H]1CCCCN1C)[C@@H](C)CC)S/C=C(\C)C(N)=O. The summed E-state index contributed by atoms with van der Waals surface area (Å²) in [6.07, 6.45) is 5.44. The lowest BCUT2D eigenvalue weighted by Gasteiger charge is -2.36. The molecule has 0 aromatic carbocycles. The minimum Gasteiger partial charge on any atom is -0.366 e. The summed E-state index contributed by atoms with van der Waals surface area (Å²) in [5.41, 5.74) is 5.79. The molecule has 0 saturated carbocycles. The smallest absolute Gasteiger partial charge is 0.244 e. The molecule has 8 heteroatoms. The quantitative estimate of drug-likeness (QED) is 0.344. The standard InChI is InChI=1S/C27H48N4O3S/c1-9-19(4)22(16-29-26(33)24-12-10-11-15-30(24)7)27(34)31(8)23(18(2)3)14-13-21(6)35-17-20(5)25(28)32/h17-19,22-24H,6,9-16H2,1-5,7-8H3,(H2,28,32)(H,29,33)/b20-17+/t19-,22-,23?,24+/m0/s1. The van der Waals surface area contributed by atoms with E-state index in [-0.39, 0.29) is 41.7 Å². The maximum atomic E-state index is 13.7. The molecular weight excluding hydrogens is 460 g/mol. The third-order valence-corrected chi connectivity index (χ3v) is 8.35. The summed E-state index contributed by atoms with van der Waals surface area (Å²) in [4.78, 5) is 42.7. The van der Waals surface area contributed by atoms with Crippen molar-refractivity contribution in [2.75, 3.05) is 27.2 Å². The molecule has 200 valence electrons. The van der Waals surface area contributed by atoms with Crippen molar-refractivity contribution in [1.29, 1.82) is 0 Å². The average Bonchev–Trinajstić information content (AvgIpc) is 2.81. The number of nitrogens with one attached hydrogen (secondary N) is 1. The van der Waals surface area contributed by atoms with Crippen LogP contribution in [0.15, 0.2) is 22.5 Å². The van der Waals surface area contributed by atoms with Crippen LogP contribution in [0.1, 0.15) is 73.1 Å². The number of allylic oxidation sites excluding steroid dienone is 1. The second-order valence-electron chi connectivity index (χ2n) is 10.4. The Labute approximate surface area is 217 Å². The first-order valence-corrected chi connectivity index (χ1v) is 13.8. The van der Waals surface area contributed by atoms with Crippen molar-refractivity contribution in [1.82, 2.24) is 15.1 Å². The Morgan fingerprint density at radius 2 is 1.91 bits per heavy atom. The summed E-state index contributed by atoms with van der Waals surface area (Å²) in [6, 6.07) is -0.0545. The lowest BCUT2D eigenvalue weighted by atomic mass is 9.88. The largest absolute Gasteiger partial charge is 0.366 e. The fraction of sp³-hybridized carbons (Fsp3) is 0.741. The number of likely N-dealkylation sites (N-methyl/N-ethyl adjacent to an activating group) is 1. The highest BCUT2D eigenvalue weighted by atomic mass is 32.2. The highest BCUT2D eigenvalue weighted by Gasteiger charge is 2.33. The van der Waals surface area contributed by atoms with Crippen LogP contribution in [0.5, 0.6) is 0 Å². The van der Waals surface area contributed by atoms with Gasteiger partial charge in [0.25, 0.3) is 0 Å². The minimum atomic E-state index is -0.436. The van der Waals surface area contributed by atoms with Gasteiger partial charge >= 0.3 is 0 Å². The average molecular weight is 509 g/mol. The zero-order valence-corrected chi connectivity index (χ0v) is 23.7. The third kappa shape index (κ3) is 10.00. The molecule has 1 saturated heterocycles. The van der Waals surface area contributed by atoms with Gasteiger partial charge in [-0.1, -0.05) is 47.1 Å². The van der Waals surface area contributed by atoms with Gasteiger partial charge in [-0.25, -0.2) is 0 Å². The van der Waals surface area contributed by atoms with Gasteiger partial charge in [0.05, 0.1) is 12.0 Å². The lowest BCUT2D eigenvalue weighted by molar-refractivity contribution is -0.139. The number of primary amides is 1. The van der Waals surface area contributed by atoms with E-state index in [9.17, 15) is 14.4 Å². The number of piperidine rings is 1. The molecule has 1 rings (SSSR count). The zero-order valence-electron chi connectivity index (χ0n) is 22.9. The molecule has 1 unspecified atom stereocenters. The zero-order chi connectivity index (χ0) is 26.7.